The van der Waals surface area contributed by atoms with Gasteiger partial charge in [-0.25, -0.2) is 9.00 Å². The minimum absolute atomic E-state index is 0.265. The minimum atomic E-state index is -1.95. The third-order valence-corrected chi connectivity index (χ3v) is 1.50. The van der Waals surface area contributed by atoms with Gasteiger partial charge in [-0.05, 0) is 13.8 Å². The number of hydrogen-bond acceptors (Lipinski definition) is 4. The molecule has 0 radical (unpaired) electrons. The average molecular weight is 201 g/mol. The number of hydrogen-bond donors (Lipinski definition) is 0. The van der Waals surface area contributed by atoms with E-state index in [9.17, 15) is 9.00 Å². The molecule has 0 heterocycles. The molecule has 0 rings (SSSR count). The molecular weight excluding hydrogens is 192 g/mol. The van der Waals surface area contributed by atoms with Crippen LogP contribution in [-0.4, -0.2) is 22.9 Å². The Labute approximate surface area is 72.0 Å². The quantitative estimate of drug-likeness (QED) is 0.497. The Morgan fingerprint density at radius 1 is 1.73 bits per heavy atom. The second-order valence-electron chi connectivity index (χ2n) is 1.68. The lowest BCUT2D eigenvalue weighted by Crippen LogP contribution is -2.22. The van der Waals surface area contributed by atoms with Gasteiger partial charge < -0.3 is 4.74 Å². The Morgan fingerprint density at radius 3 is 2.64 bits per heavy atom. The van der Waals surface area contributed by atoms with Gasteiger partial charge in [0.05, 0.1) is 6.61 Å². The van der Waals surface area contributed by atoms with Gasteiger partial charge in [0.2, 0.25) is 0 Å². The zero-order chi connectivity index (χ0) is 8.85. The largest absolute Gasteiger partial charge is 0.464 e. The first-order valence-electron chi connectivity index (χ1n) is 2.99. The van der Waals surface area contributed by atoms with Crippen LogP contribution in [0.2, 0.25) is 0 Å². The summed E-state index contributed by atoms with van der Waals surface area (Å²) >= 11 is 0. The molecule has 0 aliphatic rings. The first-order valence-corrected chi connectivity index (χ1v) is 4.89. The zero-order valence-electron chi connectivity index (χ0n) is 6.20. The van der Waals surface area contributed by atoms with Crippen molar-refractivity contribution in [2.24, 2.45) is 0 Å². The monoisotopic (exact) mass is 200 g/mol. The van der Waals surface area contributed by atoms with Gasteiger partial charge in [0.1, 0.15) is 0 Å². The number of halogens is 1. The molecule has 0 aromatic rings. The molecule has 0 bridgehead atoms. The highest BCUT2D eigenvalue weighted by Crippen LogP contribution is 2.00. The second-order valence-corrected chi connectivity index (χ2v) is 3.02. The van der Waals surface area contributed by atoms with E-state index < -0.39 is 22.4 Å². The Balaban J connectivity index is 3.73. The van der Waals surface area contributed by atoms with Gasteiger partial charge in [0.15, 0.2) is 6.10 Å². The van der Waals surface area contributed by atoms with Crippen LogP contribution < -0.4 is 0 Å². The van der Waals surface area contributed by atoms with Crippen molar-refractivity contribution in [2.45, 2.75) is 20.0 Å². The molecule has 0 aliphatic heterocycles. The van der Waals surface area contributed by atoms with Crippen molar-refractivity contribution < 1.29 is 17.9 Å². The van der Waals surface area contributed by atoms with E-state index in [4.69, 9.17) is 10.7 Å². The standard InChI is InChI=1S/C5H9ClO4S/c1-3-9-5(7)4(2)10-11(6)8/h4H,3H2,1-2H3. The third kappa shape index (κ3) is 5.17. The average Bonchev–Trinajstić information content (AvgIpc) is 1.86. The summed E-state index contributed by atoms with van der Waals surface area (Å²) in [7, 11) is 3.01. The lowest BCUT2D eigenvalue weighted by Gasteiger charge is -2.06. The van der Waals surface area contributed by atoms with Crippen molar-refractivity contribution in [1.82, 2.24) is 0 Å². The Bertz CT molecular complexity index is 161. The van der Waals surface area contributed by atoms with Gasteiger partial charge in [-0.1, -0.05) is 0 Å². The molecule has 0 fully saturated rings. The maximum Gasteiger partial charge on any atom is 0.336 e. The number of carbonyl (C=O) groups is 1. The lowest BCUT2D eigenvalue weighted by atomic mass is 10.4. The molecule has 0 spiro atoms. The predicted octanol–water partition coefficient (Wildman–Crippen LogP) is 0.772. The van der Waals surface area contributed by atoms with Crippen LogP contribution in [0.15, 0.2) is 0 Å². The molecule has 66 valence electrons. The Kier molecular flexibility index (Phi) is 5.45. The first kappa shape index (κ1) is 10.9. The highest BCUT2D eigenvalue weighted by molar-refractivity contribution is 8.04. The molecule has 2 unspecified atom stereocenters. The van der Waals surface area contributed by atoms with E-state index in [1.54, 1.807) is 6.92 Å². The fraction of sp³-hybridized carbons (Fsp3) is 0.800. The van der Waals surface area contributed by atoms with Crippen LogP contribution in [0.25, 0.3) is 0 Å². The van der Waals surface area contributed by atoms with Crippen molar-refractivity contribution in [3.63, 3.8) is 0 Å². The minimum Gasteiger partial charge on any atom is -0.464 e. The number of rotatable bonds is 4. The molecule has 11 heavy (non-hydrogen) atoms. The summed E-state index contributed by atoms with van der Waals surface area (Å²) in [6.07, 6.45) is -0.881. The molecule has 0 aromatic carbocycles. The normalized spacial score (nSPS) is 15.5. The van der Waals surface area contributed by atoms with Gasteiger partial charge in [0.25, 0.3) is 10.3 Å². The molecule has 0 N–H and O–H groups in total. The fourth-order valence-electron chi connectivity index (χ4n) is 0.412. The summed E-state index contributed by atoms with van der Waals surface area (Å²) in [5.74, 6) is -0.568. The maximum atomic E-state index is 10.7. The van der Waals surface area contributed by atoms with Crippen LogP contribution in [0.5, 0.6) is 0 Å². The van der Waals surface area contributed by atoms with Crippen molar-refractivity contribution in [3.05, 3.63) is 0 Å². The number of carbonyl (C=O) groups excluding carboxylic acids is 1. The van der Waals surface area contributed by atoms with Crippen LogP contribution in [-0.2, 0) is 24.0 Å². The highest BCUT2D eigenvalue weighted by atomic mass is 35.7. The van der Waals surface area contributed by atoms with E-state index in [-0.39, 0.29) is 6.61 Å². The molecule has 2 atom stereocenters. The topological polar surface area (TPSA) is 52.6 Å². The van der Waals surface area contributed by atoms with E-state index in [1.165, 1.54) is 6.92 Å². The van der Waals surface area contributed by atoms with Crippen LogP contribution in [0.3, 0.4) is 0 Å². The van der Waals surface area contributed by atoms with Gasteiger partial charge in [0, 0.05) is 10.7 Å². The maximum absolute atomic E-state index is 10.7. The molecule has 0 aromatic heterocycles. The van der Waals surface area contributed by atoms with Gasteiger partial charge in [-0.2, -0.15) is 0 Å². The van der Waals surface area contributed by atoms with Gasteiger partial charge >= 0.3 is 5.97 Å². The Hall–Kier alpha value is -0.130. The SMILES string of the molecule is CCOC(=O)C(C)OS(=O)Cl. The summed E-state index contributed by atoms with van der Waals surface area (Å²) in [4.78, 5) is 10.7. The molecule has 0 aliphatic carbocycles. The predicted molar refractivity (Wildman–Crippen MR) is 41.2 cm³/mol. The molecule has 4 nitrogen and oxygen atoms in total. The van der Waals surface area contributed by atoms with Crippen LogP contribution >= 0.6 is 10.7 Å². The van der Waals surface area contributed by atoms with E-state index in [2.05, 4.69) is 8.92 Å². The smallest absolute Gasteiger partial charge is 0.336 e. The number of ether oxygens (including phenoxy) is 1. The summed E-state index contributed by atoms with van der Waals surface area (Å²) in [6.45, 7) is 3.35. The molecule has 0 saturated carbocycles. The molecule has 6 heteroatoms. The van der Waals surface area contributed by atoms with Crippen molar-refractivity contribution in [3.8, 4) is 0 Å². The van der Waals surface area contributed by atoms with E-state index in [0.717, 1.165) is 0 Å². The van der Waals surface area contributed by atoms with Gasteiger partial charge in [-0.15, -0.1) is 0 Å². The van der Waals surface area contributed by atoms with Crippen LogP contribution in [0, 0.1) is 0 Å². The molecule has 0 amide bonds. The molecular formula is C5H9ClO4S. The van der Waals surface area contributed by atoms with Crippen LogP contribution in [0.4, 0.5) is 0 Å². The fourth-order valence-corrected chi connectivity index (χ4v) is 1.05. The highest BCUT2D eigenvalue weighted by Gasteiger charge is 2.16. The third-order valence-electron chi connectivity index (χ3n) is 0.839. The van der Waals surface area contributed by atoms with E-state index in [1.807, 2.05) is 0 Å². The summed E-state index contributed by atoms with van der Waals surface area (Å²) < 4.78 is 19.2. The van der Waals surface area contributed by atoms with Crippen LogP contribution in [0.1, 0.15) is 13.8 Å². The second kappa shape index (κ2) is 5.51. The van der Waals surface area contributed by atoms with Gasteiger partial charge in [-0.3, -0.25) is 4.18 Å². The van der Waals surface area contributed by atoms with Crippen molar-refractivity contribution in [2.75, 3.05) is 6.61 Å². The Morgan fingerprint density at radius 2 is 2.27 bits per heavy atom. The van der Waals surface area contributed by atoms with Crippen molar-refractivity contribution >= 4 is 26.9 Å². The summed E-state index contributed by atoms with van der Waals surface area (Å²) in [5, 5.41) is 0. The lowest BCUT2D eigenvalue weighted by molar-refractivity contribution is -0.150. The molecule has 0 saturated heterocycles. The first-order chi connectivity index (χ1) is 5.07. The zero-order valence-corrected chi connectivity index (χ0v) is 7.78. The summed E-state index contributed by atoms with van der Waals surface area (Å²) in [5.41, 5.74) is 0. The summed E-state index contributed by atoms with van der Waals surface area (Å²) in [6, 6.07) is 0. The number of esters is 1. The van der Waals surface area contributed by atoms with E-state index in [0.29, 0.717) is 0 Å². The van der Waals surface area contributed by atoms with Crippen molar-refractivity contribution in [1.29, 1.82) is 0 Å². The van der Waals surface area contributed by atoms with E-state index >= 15 is 0 Å².